The number of nitrogens with zero attached hydrogens (tertiary/aromatic N) is 2. The van der Waals surface area contributed by atoms with Crippen LogP contribution in [0.1, 0.15) is 5.56 Å². The molecule has 0 unspecified atom stereocenters. The van der Waals surface area contributed by atoms with E-state index in [0.29, 0.717) is 0 Å². The Morgan fingerprint density at radius 1 is 1.33 bits per heavy atom. The number of hydrogen-bond donors (Lipinski definition) is 1. The first-order valence-electron chi connectivity index (χ1n) is 5.92. The minimum absolute atomic E-state index is 0.850. The number of rotatable bonds is 7. The Labute approximate surface area is 112 Å². The van der Waals surface area contributed by atoms with E-state index in [-0.39, 0.29) is 0 Å². The highest BCUT2D eigenvalue weighted by Crippen LogP contribution is 2.15. The zero-order valence-electron chi connectivity index (χ0n) is 10.2. The summed E-state index contributed by atoms with van der Waals surface area (Å²) in [5.41, 5.74) is 1.18. The van der Waals surface area contributed by atoms with E-state index in [1.165, 1.54) is 10.5 Å². The molecule has 0 aliphatic heterocycles. The van der Waals surface area contributed by atoms with Gasteiger partial charge in [0.25, 0.3) is 0 Å². The van der Waals surface area contributed by atoms with Gasteiger partial charge in [-0.05, 0) is 12.1 Å². The van der Waals surface area contributed by atoms with Crippen molar-refractivity contribution in [3.05, 3.63) is 54.9 Å². The fourth-order valence-electron chi connectivity index (χ4n) is 1.56. The highest BCUT2D eigenvalue weighted by atomic mass is 32.2. The summed E-state index contributed by atoms with van der Waals surface area (Å²) >= 11 is 1.87. The summed E-state index contributed by atoms with van der Waals surface area (Å²) in [6, 6.07) is 10.5. The largest absolute Gasteiger partial charge is 0.312 e. The molecular formula is C14H17N3S. The van der Waals surface area contributed by atoms with Crippen LogP contribution in [0.4, 0.5) is 0 Å². The predicted molar refractivity (Wildman–Crippen MR) is 77.5 cm³/mol. The lowest BCUT2D eigenvalue weighted by molar-refractivity contribution is 0.732. The van der Waals surface area contributed by atoms with Crippen molar-refractivity contribution in [2.75, 3.05) is 12.3 Å². The Morgan fingerprint density at radius 2 is 2.17 bits per heavy atom. The van der Waals surface area contributed by atoms with Crippen LogP contribution in [0.15, 0.2) is 54.2 Å². The first-order chi connectivity index (χ1) is 8.88. The van der Waals surface area contributed by atoms with E-state index in [1.807, 2.05) is 30.2 Å². The SMILES string of the molecule is C=Cn1cc(CNCCSc2ccccc2)cn1. The molecule has 1 aromatic heterocycles. The lowest BCUT2D eigenvalue weighted by Gasteiger charge is -2.03. The Kier molecular flexibility index (Phi) is 5.05. The third-order valence-electron chi connectivity index (χ3n) is 2.46. The standard InChI is InChI=1S/C14H17N3S/c1-2-17-12-13(11-16-17)10-15-8-9-18-14-6-4-3-5-7-14/h2-7,11-12,15H,1,8-10H2. The quantitative estimate of drug-likeness (QED) is 0.612. The second-order valence-electron chi connectivity index (χ2n) is 3.85. The van der Waals surface area contributed by atoms with Gasteiger partial charge in [-0.1, -0.05) is 24.8 Å². The van der Waals surface area contributed by atoms with E-state index in [1.54, 1.807) is 10.9 Å². The van der Waals surface area contributed by atoms with Gasteiger partial charge in [-0.3, -0.25) is 0 Å². The van der Waals surface area contributed by atoms with Crippen LogP contribution >= 0.6 is 11.8 Å². The van der Waals surface area contributed by atoms with E-state index < -0.39 is 0 Å². The van der Waals surface area contributed by atoms with Crippen molar-refractivity contribution in [3.8, 4) is 0 Å². The van der Waals surface area contributed by atoms with Crippen LogP contribution in [0.5, 0.6) is 0 Å². The molecule has 0 amide bonds. The Morgan fingerprint density at radius 3 is 2.89 bits per heavy atom. The summed E-state index contributed by atoms with van der Waals surface area (Å²) in [4.78, 5) is 1.32. The van der Waals surface area contributed by atoms with Gasteiger partial charge in [-0.2, -0.15) is 5.10 Å². The molecule has 2 rings (SSSR count). The summed E-state index contributed by atoms with van der Waals surface area (Å²) in [6.45, 7) is 5.50. The van der Waals surface area contributed by atoms with Crippen molar-refractivity contribution >= 4 is 18.0 Å². The van der Waals surface area contributed by atoms with Gasteiger partial charge in [-0.25, -0.2) is 4.68 Å². The molecule has 4 heteroatoms. The van der Waals surface area contributed by atoms with Crippen LogP contribution in [0.3, 0.4) is 0 Å². The second-order valence-corrected chi connectivity index (χ2v) is 5.02. The summed E-state index contributed by atoms with van der Waals surface area (Å²) in [5.74, 6) is 1.07. The highest BCUT2D eigenvalue weighted by Gasteiger charge is 1.96. The summed E-state index contributed by atoms with van der Waals surface area (Å²) in [7, 11) is 0. The molecule has 0 bridgehead atoms. The molecule has 0 spiro atoms. The minimum atomic E-state index is 0.850. The molecule has 18 heavy (non-hydrogen) atoms. The maximum Gasteiger partial charge on any atom is 0.0538 e. The van der Waals surface area contributed by atoms with Crippen LogP contribution in [0.2, 0.25) is 0 Å². The van der Waals surface area contributed by atoms with E-state index in [0.717, 1.165) is 18.8 Å². The molecule has 0 atom stereocenters. The lowest BCUT2D eigenvalue weighted by atomic mass is 10.3. The zero-order chi connectivity index (χ0) is 12.6. The van der Waals surface area contributed by atoms with Crippen LogP contribution in [-0.2, 0) is 6.54 Å². The van der Waals surface area contributed by atoms with Crippen molar-refractivity contribution in [1.29, 1.82) is 0 Å². The van der Waals surface area contributed by atoms with Crippen molar-refractivity contribution in [2.24, 2.45) is 0 Å². The number of benzene rings is 1. The lowest BCUT2D eigenvalue weighted by Crippen LogP contribution is -2.16. The number of aromatic nitrogens is 2. The van der Waals surface area contributed by atoms with Crippen molar-refractivity contribution < 1.29 is 0 Å². The van der Waals surface area contributed by atoms with Gasteiger partial charge >= 0.3 is 0 Å². The Hall–Kier alpha value is -1.52. The molecule has 2 aromatic rings. The van der Waals surface area contributed by atoms with E-state index in [2.05, 4.69) is 41.3 Å². The molecule has 0 aliphatic carbocycles. The van der Waals surface area contributed by atoms with Gasteiger partial charge in [0.05, 0.1) is 6.20 Å². The van der Waals surface area contributed by atoms with Crippen molar-refractivity contribution in [3.63, 3.8) is 0 Å². The maximum atomic E-state index is 4.13. The molecule has 1 N–H and O–H groups in total. The van der Waals surface area contributed by atoms with E-state index >= 15 is 0 Å². The Balaban J connectivity index is 1.63. The molecule has 0 saturated heterocycles. The third-order valence-corrected chi connectivity index (χ3v) is 3.48. The van der Waals surface area contributed by atoms with Gasteiger partial charge in [0.2, 0.25) is 0 Å². The molecule has 0 fully saturated rings. The minimum Gasteiger partial charge on any atom is -0.312 e. The van der Waals surface area contributed by atoms with Crippen LogP contribution < -0.4 is 5.32 Å². The molecule has 1 heterocycles. The molecular weight excluding hydrogens is 242 g/mol. The molecule has 0 saturated carbocycles. The fourth-order valence-corrected chi connectivity index (χ4v) is 2.39. The van der Waals surface area contributed by atoms with Gasteiger partial charge in [0, 0.05) is 41.7 Å². The van der Waals surface area contributed by atoms with Gasteiger partial charge < -0.3 is 5.32 Å². The van der Waals surface area contributed by atoms with Crippen LogP contribution in [-0.4, -0.2) is 22.1 Å². The van der Waals surface area contributed by atoms with Crippen LogP contribution in [0.25, 0.3) is 6.20 Å². The number of hydrogen-bond acceptors (Lipinski definition) is 3. The monoisotopic (exact) mass is 259 g/mol. The molecule has 3 nitrogen and oxygen atoms in total. The first kappa shape index (κ1) is 12.9. The van der Waals surface area contributed by atoms with Crippen molar-refractivity contribution in [1.82, 2.24) is 15.1 Å². The van der Waals surface area contributed by atoms with E-state index in [9.17, 15) is 0 Å². The second kappa shape index (κ2) is 7.03. The van der Waals surface area contributed by atoms with Gasteiger partial charge in [0.1, 0.15) is 0 Å². The smallest absolute Gasteiger partial charge is 0.0538 e. The zero-order valence-corrected chi connectivity index (χ0v) is 11.1. The first-order valence-corrected chi connectivity index (χ1v) is 6.91. The highest BCUT2D eigenvalue weighted by molar-refractivity contribution is 7.99. The fraction of sp³-hybridized carbons (Fsp3) is 0.214. The van der Waals surface area contributed by atoms with Gasteiger partial charge in [0.15, 0.2) is 0 Å². The predicted octanol–water partition coefficient (Wildman–Crippen LogP) is 2.87. The maximum absolute atomic E-state index is 4.13. The third kappa shape index (κ3) is 4.05. The summed E-state index contributed by atoms with van der Waals surface area (Å²) in [5, 5.41) is 7.54. The van der Waals surface area contributed by atoms with Gasteiger partial charge in [-0.15, -0.1) is 11.8 Å². The molecule has 0 radical (unpaired) electrons. The molecule has 1 aromatic carbocycles. The topological polar surface area (TPSA) is 29.9 Å². The average Bonchev–Trinajstić information content (AvgIpc) is 2.87. The molecule has 0 aliphatic rings. The Bertz CT molecular complexity index is 479. The van der Waals surface area contributed by atoms with Crippen LogP contribution in [0, 0.1) is 0 Å². The normalized spacial score (nSPS) is 10.4. The summed E-state index contributed by atoms with van der Waals surface area (Å²) in [6.07, 6.45) is 5.53. The van der Waals surface area contributed by atoms with E-state index in [4.69, 9.17) is 0 Å². The number of nitrogens with one attached hydrogen (secondary N) is 1. The molecule has 94 valence electrons. The summed E-state index contributed by atoms with van der Waals surface area (Å²) < 4.78 is 1.72. The average molecular weight is 259 g/mol. The van der Waals surface area contributed by atoms with Crippen molar-refractivity contribution in [2.45, 2.75) is 11.4 Å². The number of thioether (sulfide) groups is 1.